The van der Waals surface area contributed by atoms with Gasteiger partial charge in [-0.2, -0.15) is 13.2 Å². The molecule has 0 aliphatic carbocycles. The second-order valence-corrected chi connectivity index (χ2v) is 5.36. The first kappa shape index (κ1) is 17.3. The van der Waals surface area contributed by atoms with Crippen molar-refractivity contribution in [2.24, 2.45) is 0 Å². The van der Waals surface area contributed by atoms with Crippen LogP contribution in [0.3, 0.4) is 0 Å². The van der Waals surface area contributed by atoms with Gasteiger partial charge in [0.2, 0.25) is 0 Å². The molecule has 0 aromatic heterocycles. The molecule has 0 amide bonds. The van der Waals surface area contributed by atoms with Gasteiger partial charge in [0.1, 0.15) is 5.75 Å². The van der Waals surface area contributed by atoms with Crippen molar-refractivity contribution >= 4 is 15.9 Å². The molecule has 0 aliphatic rings. The number of hydrogen-bond acceptors (Lipinski definition) is 2. The second kappa shape index (κ2) is 7.88. The van der Waals surface area contributed by atoms with Gasteiger partial charge in [0, 0.05) is 16.1 Å². The van der Waals surface area contributed by atoms with Crippen LogP contribution < -0.4 is 10.1 Å². The third-order valence-electron chi connectivity index (χ3n) is 2.72. The van der Waals surface area contributed by atoms with Crippen molar-refractivity contribution in [1.82, 2.24) is 5.32 Å². The number of benzene rings is 1. The lowest BCUT2D eigenvalue weighted by atomic mass is 10.0. The summed E-state index contributed by atoms with van der Waals surface area (Å²) in [6.07, 6.45) is -4.37. The Balaban J connectivity index is 3.06. The summed E-state index contributed by atoms with van der Waals surface area (Å²) in [4.78, 5) is 0. The van der Waals surface area contributed by atoms with E-state index in [-0.39, 0.29) is 0 Å². The highest BCUT2D eigenvalue weighted by molar-refractivity contribution is 9.10. The first-order valence-corrected chi connectivity index (χ1v) is 7.39. The van der Waals surface area contributed by atoms with Gasteiger partial charge in [0.05, 0.1) is 13.0 Å². The van der Waals surface area contributed by atoms with Gasteiger partial charge in [-0.15, -0.1) is 0 Å². The number of hydrogen-bond donors (Lipinski definition) is 1. The predicted molar refractivity (Wildman–Crippen MR) is 77.0 cm³/mol. The van der Waals surface area contributed by atoms with Crippen LogP contribution in [0, 0.1) is 0 Å². The standard InChI is InChI=1S/C14H19BrF3NO/c1-3-7-19-12(9-14(16,17)18)11-8-10(15)5-6-13(11)20-4-2/h5-6,8,12,19H,3-4,7,9H2,1-2H3. The van der Waals surface area contributed by atoms with E-state index in [1.54, 1.807) is 18.2 Å². The average Bonchev–Trinajstić information content (AvgIpc) is 2.35. The van der Waals surface area contributed by atoms with Crippen LogP contribution in [-0.2, 0) is 0 Å². The minimum atomic E-state index is -4.22. The van der Waals surface area contributed by atoms with Crippen molar-refractivity contribution in [3.8, 4) is 5.75 Å². The quantitative estimate of drug-likeness (QED) is 0.757. The molecule has 6 heteroatoms. The number of ether oxygens (including phenoxy) is 1. The normalized spacial score (nSPS) is 13.3. The highest BCUT2D eigenvalue weighted by Crippen LogP contribution is 2.35. The van der Waals surface area contributed by atoms with Crippen LogP contribution in [0.1, 0.15) is 38.3 Å². The molecule has 114 valence electrons. The van der Waals surface area contributed by atoms with Crippen molar-refractivity contribution in [2.45, 2.75) is 38.9 Å². The molecule has 1 aromatic carbocycles. The summed E-state index contributed by atoms with van der Waals surface area (Å²) in [6.45, 7) is 4.67. The summed E-state index contributed by atoms with van der Waals surface area (Å²) >= 11 is 3.30. The minimum absolute atomic E-state index is 0.418. The Labute approximate surface area is 125 Å². The number of halogens is 4. The molecule has 0 aliphatic heterocycles. The van der Waals surface area contributed by atoms with Gasteiger partial charge in [0.25, 0.3) is 0 Å². The van der Waals surface area contributed by atoms with Crippen LogP contribution in [0.25, 0.3) is 0 Å². The number of rotatable bonds is 7. The monoisotopic (exact) mass is 353 g/mol. The Bertz CT molecular complexity index is 423. The first-order valence-electron chi connectivity index (χ1n) is 6.59. The Kier molecular flexibility index (Phi) is 6.82. The Morgan fingerprint density at radius 3 is 2.55 bits per heavy atom. The maximum Gasteiger partial charge on any atom is 0.390 e. The fourth-order valence-corrected chi connectivity index (χ4v) is 2.30. The summed E-state index contributed by atoms with van der Waals surface area (Å²) in [5, 5.41) is 2.95. The van der Waals surface area contributed by atoms with E-state index < -0.39 is 18.6 Å². The summed E-state index contributed by atoms with van der Waals surface area (Å²) in [5.74, 6) is 0.494. The van der Waals surface area contributed by atoms with Crippen molar-refractivity contribution in [3.05, 3.63) is 28.2 Å². The van der Waals surface area contributed by atoms with E-state index in [2.05, 4.69) is 21.2 Å². The predicted octanol–water partition coefficient (Wildman–Crippen LogP) is 4.84. The molecule has 20 heavy (non-hydrogen) atoms. The van der Waals surface area contributed by atoms with Crippen LogP contribution in [0.4, 0.5) is 13.2 Å². The van der Waals surface area contributed by atoms with Crippen molar-refractivity contribution in [3.63, 3.8) is 0 Å². The zero-order valence-electron chi connectivity index (χ0n) is 11.6. The van der Waals surface area contributed by atoms with Gasteiger partial charge in [-0.1, -0.05) is 22.9 Å². The van der Waals surface area contributed by atoms with E-state index >= 15 is 0 Å². The Morgan fingerprint density at radius 1 is 1.30 bits per heavy atom. The van der Waals surface area contributed by atoms with Crippen LogP contribution in [0.15, 0.2) is 22.7 Å². The highest BCUT2D eigenvalue weighted by Gasteiger charge is 2.33. The average molecular weight is 354 g/mol. The van der Waals surface area contributed by atoms with Gasteiger partial charge < -0.3 is 10.1 Å². The summed E-state index contributed by atoms with van der Waals surface area (Å²) < 4.78 is 44.4. The molecular weight excluding hydrogens is 335 g/mol. The van der Waals surface area contributed by atoms with E-state index in [1.165, 1.54) is 0 Å². The molecule has 1 aromatic rings. The molecule has 0 radical (unpaired) electrons. The minimum Gasteiger partial charge on any atom is -0.494 e. The summed E-state index contributed by atoms with van der Waals surface area (Å²) in [5.41, 5.74) is 0.534. The molecular formula is C14H19BrF3NO. The Morgan fingerprint density at radius 2 is 2.00 bits per heavy atom. The van der Waals surface area contributed by atoms with E-state index in [0.29, 0.717) is 24.5 Å². The lowest BCUT2D eigenvalue weighted by molar-refractivity contribution is -0.140. The SMILES string of the molecule is CCCNC(CC(F)(F)F)c1cc(Br)ccc1OCC. The van der Waals surface area contributed by atoms with Gasteiger partial charge in [-0.05, 0) is 38.1 Å². The second-order valence-electron chi connectivity index (χ2n) is 4.44. The lowest BCUT2D eigenvalue weighted by Gasteiger charge is -2.23. The fraction of sp³-hybridized carbons (Fsp3) is 0.571. The highest BCUT2D eigenvalue weighted by atomic mass is 79.9. The van der Waals surface area contributed by atoms with Gasteiger partial charge in [0.15, 0.2) is 0 Å². The summed E-state index contributed by atoms with van der Waals surface area (Å²) in [6, 6.07) is 4.34. The van der Waals surface area contributed by atoms with Gasteiger partial charge in [-0.25, -0.2) is 0 Å². The van der Waals surface area contributed by atoms with E-state index in [1.807, 2.05) is 13.8 Å². The maximum atomic E-state index is 12.7. The smallest absolute Gasteiger partial charge is 0.390 e. The maximum absolute atomic E-state index is 12.7. The van der Waals surface area contributed by atoms with Crippen LogP contribution in [0.2, 0.25) is 0 Å². The van der Waals surface area contributed by atoms with E-state index in [0.717, 1.165) is 10.9 Å². The van der Waals surface area contributed by atoms with Gasteiger partial charge in [-0.3, -0.25) is 0 Å². The van der Waals surface area contributed by atoms with E-state index in [9.17, 15) is 13.2 Å². The number of nitrogens with one attached hydrogen (secondary N) is 1. The Hall–Kier alpha value is -0.750. The van der Waals surface area contributed by atoms with Crippen molar-refractivity contribution in [2.75, 3.05) is 13.2 Å². The molecule has 0 spiro atoms. The topological polar surface area (TPSA) is 21.3 Å². The van der Waals surface area contributed by atoms with Crippen LogP contribution in [0.5, 0.6) is 5.75 Å². The van der Waals surface area contributed by atoms with E-state index in [4.69, 9.17) is 4.74 Å². The van der Waals surface area contributed by atoms with Crippen LogP contribution >= 0.6 is 15.9 Å². The molecule has 0 saturated heterocycles. The number of alkyl halides is 3. The molecule has 0 fully saturated rings. The van der Waals surface area contributed by atoms with Crippen molar-refractivity contribution < 1.29 is 17.9 Å². The van der Waals surface area contributed by atoms with Crippen LogP contribution in [-0.4, -0.2) is 19.3 Å². The third kappa shape index (κ3) is 5.71. The zero-order chi connectivity index (χ0) is 15.2. The van der Waals surface area contributed by atoms with Gasteiger partial charge >= 0.3 is 6.18 Å². The third-order valence-corrected chi connectivity index (χ3v) is 3.22. The largest absolute Gasteiger partial charge is 0.494 e. The molecule has 0 bridgehead atoms. The lowest BCUT2D eigenvalue weighted by Crippen LogP contribution is -2.27. The molecule has 1 unspecified atom stereocenters. The van der Waals surface area contributed by atoms with Crippen molar-refractivity contribution in [1.29, 1.82) is 0 Å². The molecule has 1 N–H and O–H groups in total. The molecule has 1 atom stereocenters. The first-order chi connectivity index (χ1) is 9.37. The molecule has 2 nitrogen and oxygen atoms in total. The molecule has 0 heterocycles. The summed E-state index contributed by atoms with van der Waals surface area (Å²) in [7, 11) is 0. The zero-order valence-corrected chi connectivity index (χ0v) is 13.1. The molecule has 0 saturated carbocycles. The fourth-order valence-electron chi connectivity index (χ4n) is 1.92. The molecule has 1 rings (SSSR count).